The summed E-state index contributed by atoms with van der Waals surface area (Å²) in [5, 5.41) is 11.1. The molecule has 31 heavy (non-hydrogen) atoms. The maximum atomic E-state index is 4.93. The SMILES string of the molecule is Cl.Cn1ncc2c(NCCc3cccs3)nc(N3CCC(N4CCCCC4)CC3)nc21. The number of likely N-dealkylation sites (tertiary alicyclic amines) is 1. The first kappa shape index (κ1) is 22.3. The third-order valence-corrected chi connectivity index (χ3v) is 7.41. The maximum absolute atomic E-state index is 4.93. The number of halogens is 1. The van der Waals surface area contributed by atoms with Crippen LogP contribution in [0.1, 0.15) is 37.0 Å². The van der Waals surface area contributed by atoms with E-state index in [0.717, 1.165) is 54.9 Å². The molecule has 0 aromatic carbocycles. The topological polar surface area (TPSA) is 62.1 Å². The quantitative estimate of drug-likeness (QED) is 0.599. The number of thiophene rings is 1. The predicted octanol–water partition coefficient (Wildman–Crippen LogP) is 3.96. The number of nitrogens with zero attached hydrogens (tertiary/aromatic N) is 6. The third kappa shape index (κ3) is 4.96. The molecule has 9 heteroatoms. The highest BCUT2D eigenvalue weighted by molar-refractivity contribution is 7.09. The lowest BCUT2D eigenvalue weighted by atomic mass is 10.0. The molecule has 5 rings (SSSR count). The third-order valence-electron chi connectivity index (χ3n) is 6.48. The van der Waals surface area contributed by atoms with Crippen molar-refractivity contribution in [1.82, 2.24) is 24.6 Å². The lowest BCUT2D eigenvalue weighted by molar-refractivity contribution is 0.141. The Labute approximate surface area is 194 Å². The van der Waals surface area contributed by atoms with Crippen molar-refractivity contribution in [1.29, 1.82) is 0 Å². The van der Waals surface area contributed by atoms with Crippen molar-refractivity contribution < 1.29 is 0 Å². The van der Waals surface area contributed by atoms with Gasteiger partial charge in [0, 0.05) is 37.6 Å². The first-order valence-electron chi connectivity index (χ1n) is 11.2. The van der Waals surface area contributed by atoms with Gasteiger partial charge in [0.05, 0.1) is 11.6 Å². The molecule has 0 saturated carbocycles. The molecule has 5 heterocycles. The summed E-state index contributed by atoms with van der Waals surface area (Å²) in [4.78, 5) is 16.3. The van der Waals surface area contributed by atoms with Crippen LogP contribution in [-0.2, 0) is 13.5 Å². The van der Waals surface area contributed by atoms with E-state index >= 15 is 0 Å². The molecule has 2 fully saturated rings. The Morgan fingerprint density at radius 3 is 2.65 bits per heavy atom. The number of nitrogens with one attached hydrogen (secondary N) is 1. The Morgan fingerprint density at radius 2 is 1.90 bits per heavy atom. The Balaban J connectivity index is 0.00000231. The summed E-state index contributed by atoms with van der Waals surface area (Å²) in [6, 6.07) is 5.02. The normalized spacial score (nSPS) is 18.3. The molecular formula is C22H32ClN7S. The molecule has 2 aliphatic rings. The minimum Gasteiger partial charge on any atom is -0.369 e. The van der Waals surface area contributed by atoms with Gasteiger partial charge in [-0.05, 0) is 56.6 Å². The fourth-order valence-electron chi connectivity index (χ4n) is 4.76. The number of rotatable bonds is 6. The number of hydrogen-bond donors (Lipinski definition) is 1. The number of aryl methyl sites for hydroxylation is 1. The minimum atomic E-state index is 0. The van der Waals surface area contributed by atoms with Gasteiger partial charge in [0.15, 0.2) is 5.65 Å². The Bertz CT molecular complexity index is 960. The Morgan fingerprint density at radius 1 is 1.10 bits per heavy atom. The average Bonchev–Trinajstić information content (AvgIpc) is 3.45. The van der Waals surface area contributed by atoms with Crippen LogP contribution in [0.5, 0.6) is 0 Å². The fourth-order valence-corrected chi connectivity index (χ4v) is 5.47. The molecule has 2 aliphatic heterocycles. The zero-order valence-electron chi connectivity index (χ0n) is 18.2. The van der Waals surface area contributed by atoms with E-state index < -0.39 is 0 Å². The Kier molecular flexibility index (Phi) is 7.30. The molecule has 0 amide bonds. The maximum Gasteiger partial charge on any atom is 0.229 e. The number of aromatic nitrogens is 4. The summed E-state index contributed by atoms with van der Waals surface area (Å²) in [5.41, 5.74) is 0.900. The van der Waals surface area contributed by atoms with E-state index in [2.05, 4.69) is 37.7 Å². The van der Waals surface area contributed by atoms with Gasteiger partial charge in [-0.2, -0.15) is 15.1 Å². The molecule has 1 N–H and O–H groups in total. The summed E-state index contributed by atoms with van der Waals surface area (Å²) in [7, 11) is 1.96. The van der Waals surface area contributed by atoms with Gasteiger partial charge in [-0.15, -0.1) is 23.7 Å². The monoisotopic (exact) mass is 461 g/mol. The zero-order chi connectivity index (χ0) is 20.3. The summed E-state index contributed by atoms with van der Waals surface area (Å²) in [6.45, 7) is 5.47. The van der Waals surface area contributed by atoms with Crippen LogP contribution in [0.25, 0.3) is 11.0 Å². The molecule has 2 saturated heterocycles. The molecule has 0 spiro atoms. The molecular weight excluding hydrogens is 430 g/mol. The molecule has 3 aromatic rings. The van der Waals surface area contributed by atoms with E-state index in [-0.39, 0.29) is 12.4 Å². The molecule has 7 nitrogen and oxygen atoms in total. The van der Waals surface area contributed by atoms with Crippen LogP contribution in [0.3, 0.4) is 0 Å². The molecule has 0 atom stereocenters. The molecule has 3 aromatic heterocycles. The smallest absolute Gasteiger partial charge is 0.229 e. The van der Waals surface area contributed by atoms with Gasteiger partial charge in [0.2, 0.25) is 5.95 Å². The van der Waals surface area contributed by atoms with Gasteiger partial charge in [0.1, 0.15) is 5.82 Å². The van der Waals surface area contributed by atoms with Gasteiger partial charge in [-0.25, -0.2) is 0 Å². The summed E-state index contributed by atoms with van der Waals surface area (Å²) >= 11 is 1.80. The van der Waals surface area contributed by atoms with Crippen molar-refractivity contribution in [2.24, 2.45) is 7.05 Å². The van der Waals surface area contributed by atoms with E-state index in [1.54, 1.807) is 11.3 Å². The van der Waals surface area contributed by atoms with Gasteiger partial charge in [-0.3, -0.25) is 4.68 Å². The molecule has 0 bridgehead atoms. The van der Waals surface area contributed by atoms with Crippen molar-refractivity contribution in [2.45, 2.75) is 44.6 Å². The van der Waals surface area contributed by atoms with Crippen molar-refractivity contribution in [2.75, 3.05) is 42.9 Å². The summed E-state index contributed by atoms with van der Waals surface area (Å²) in [6.07, 6.45) is 9.40. The first-order valence-corrected chi connectivity index (χ1v) is 12.1. The largest absolute Gasteiger partial charge is 0.369 e. The molecule has 0 radical (unpaired) electrons. The van der Waals surface area contributed by atoms with Crippen LogP contribution in [0.2, 0.25) is 0 Å². The summed E-state index contributed by atoms with van der Waals surface area (Å²) in [5.74, 6) is 1.74. The number of piperidine rings is 2. The van der Waals surface area contributed by atoms with Crippen molar-refractivity contribution in [3.05, 3.63) is 28.6 Å². The van der Waals surface area contributed by atoms with Crippen LogP contribution in [0, 0.1) is 0 Å². The zero-order valence-corrected chi connectivity index (χ0v) is 19.8. The number of anilines is 2. The van der Waals surface area contributed by atoms with Gasteiger partial charge >= 0.3 is 0 Å². The van der Waals surface area contributed by atoms with E-state index in [1.165, 1.54) is 50.1 Å². The second-order valence-electron chi connectivity index (χ2n) is 8.45. The van der Waals surface area contributed by atoms with Crippen LogP contribution in [0.15, 0.2) is 23.7 Å². The average molecular weight is 462 g/mol. The second kappa shape index (κ2) is 10.1. The van der Waals surface area contributed by atoms with Crippen molar-refractivity contribution in [3.63, 3.8) is 0 Å². The van der Waals surface area contributed by atoms with Crippen LogP contribution in [-0.4, -0.2) is 63.4 Å². The van der Waals surface area contributed by atoms with E-state index in [1.807, 2.05) is 17.9 Å². The lowest BCUT2D eigenvalue weighted by Crippen LogP contribution is -2.47. The molecule has 0 unspecified atom stereocenters. The van der Waals surface area contributed by atoms with Crippen LogP contribution in [0.4, 0.5) is 11.8 Å². The Hall–Kier alpha value is -1.90. The fraction of sp³-hybridized carbons (Fsp3) is 0.591. The van der Waals surface area contributed by atoms with E-state index in [9.17, 15) is 0 Å². The van der Waals surface area contributed by atoms with Crippen molar-refractivity contribution in [3.8, 4) is 0 Å². The number of hydrogen-bond acceptors (Lipinski definition) is 7. The van der Waals surface area contributed by atoms with E-state index in [0.29, 0.717) is 0 Å². The second-order valence-corrected chi connectivity index (χ2v) is 9.48. The lowest BCUT2D eigenvalue weighted by Gasteiger charge is -2.40. The van der Waals surface area contributed by atoms with E-state index in [4.69, 9.17) is 9.97 Å². The highest BCUT2D eigenvalue weighted by atomic mass is 35.5. The van der Waals surface area contributed by atoms with Gasteiger partial charge < -0.3 is 15.1 Å². The first-order chi connectivity index (χ1) is 14.8. The predicted molar refractivity (Wildman–Crippen MR) is 131 cm³/mol. The summed E-state index contributed by atoms with van der Waals surface area (Å²) < 4.78 is 1.85. The molecule has 168 valence electrons. The highest BCUT2D eigenvalue weighted by Gasteiger charge is 2.27. The van der Waals surface area contributed by atoms with Crippen LogP contribution >= 0.6 is 23.7 Å². The number of fused-ring (bicyclic) bond motifs is 1. The molecule has 0 aliphatic carbocycles. The van der Waals surface area contributed by atoms with Gasteiger partial charge in [-0.1, -0.05) is 12.5 Å². The highest BCUT2D eigenvalue weighted by Crippen LogP contribution is 2.27. The van der Waals surface area contributed by atoms with Crippen LogP contribution < -0.4 is 10.2 Å². The standard InChI is InChI=1S/C22H31N7S.ClH/c1-27-21-19(16-24-27)20(23-10-7-18-6-5-15-30-18)25-22(26-21)29-13-8-17(9-14-29)28-11-3-2-4-12-28;/h5-6,15-17H,2-4,7-14H2,1H3,(H,23,25,26);1H. The minimum absolute atomic E-state index is 0. The van der Waals surface area contributed by atoms with Gasteiger partial charge in [0.25, 0.3) is 0 Å². The van der Waals surface area contributed by atoms with Crippen molar-refractivity contribution >= 4 is 46.5 Å².